The van der Waals surface area contributed by atoms with Gasteiger partial charge in [-0.1, -0.05) is 17.9 Å². The number of aliphatic hydroxyl groups excluding tert-OH is 1. The number of benzene rings is 1. The van der Waals surface area contributed by atoms with Gasteiger partial charge in [0.2, 0.25) is 0 Å². The molecule has 4 nitrogen and oxygen atoms in total. The Morgan fingerprint density at radius 2 is 2.20 bits per heavy atom. The van der Waals surface area contributed by atoms with Crippen molar-refractivity contribution >= 4 is 16.7 Å². The number of aliphatic hydroxyl groups is 1. The molecule has 0 heterocycles. The van der Waals surface area contributed by atoms with Gasteiger partial charge in [-0.15, -0.1) is 0 Å². The maximum absolute atomic E-state index is 12.0. The fraction of sp³-hybridized carbons (Fsp3) is 0.400. The number of amides is 1. The van der Waals surface area contributed by atoms with Crippen LogP contribution in [0.3, 0.4) is 0 Å². The third kappa shape index (κ3) is 5.55. The molecule has 0 spiro atoms. The van der Waals surface area contributed by atoms with Crippen LogP contribution in [0.1, 0.15) is 27.9 Å². The van der Waals surface area contributed by atoms with Gasteiger partial charge in [0, 0.05) is 46.9 Å². The molecule has 108 valence electrons. The quantitative estimate of drug-likeness (QED) is 0.791. The smallest absolute Gasteiger partial charge is 0.251 e. The van der Waals surface area contributed by atoms with E-state index in [-0.39, 0.29) is 12.5 Å². The van der Waals surface area contributed by atoms with E-state index in [1.165, 1.54) is 0 Å². The van der Waals surface area contributed by atoms with Crippen molar-refractivity contribution in [1.82, 2.24) is 5.32 Å². The van der Waals surface area contributed by atoms with Crippen LogP contribution in [-0.4, -0.2) is 40.4 Å². The number of aryl methyl sites for hydroxylation is 1. The molecule has 2 N–H and O–H groups in total. The molecule has 0 aliphatic rings. The highest BCUT2D eigenvalue weighted by molar-refractivity contribution is 7.84. The van der Waals surface area contributed by atoms with Crippen LogP contribution in [0.15, 0.2) is 18.2 Å². The molecular formula is C15H19NO3S. The van der Waals surface area contributed by atoms with Gasteiger partial charge in [-0.25, -0.2) is 0 Å². The summed E-state index contributed by atoms with van der Waals surface area (Å²) >= 11 is 0. The summed E-state index contributed by atoms with van der Waals surface area (Å²) < 4.78 is 11.0. The number of rotatable bonds is 5. The highest BCUT2D eigenvalue weighted by Crippen LogP contribution is 2.10. The van der Waals surface area contributed by atoms with Crippen LogP contribution >= 0.6 is 0 Å². The zero-order chi connectivity index (χ0) is 15.0. The predicted octanol–water partition coefficient (Wildman–Crippen LogP) is 0.837. The molecule has 0 aliphatic carbocycles. The number of nitrogens with one attached hydrogen (secondary N) is 1. The predicted molar refractivity (Wildman–Crippen MR) is 81.0 cm³/mol. The molecule has 0 fully saturated rings. The van der Waals surface area contributed by atoms with E-state index >= 15 is 0 Å². The molecule has 1 atom stereocenters. The highest BCUT2D eigenvalue weighted by atomic mass is 32.2. The van der Waals surface area contributed by atoms with E-state index in [4.69, 9.17) is 5.11 Å². The first-order chi connectivity index (χ1) is 9.54. The van der Waals surface area contributed by atoms with Crippen LogP contribution in [0.2, 0.25) is 0 Å². The zero-order valence-corrected chi connectivity index (χ0v) is 12.5. The largest absolute Gasteiger partial charge is 0.395 e. The molecule has 1 aromatic rings. The summed E-state index contributed by atoms with van der Waals surface area (Å²) in [5, 5.41) is 11.4. The Bertz CT molecular complexity index is 558. The molecule has 0 aliphatic heterocycles. The summed E-state index contributed by atoms with van der Waals surface area (Å²) in [6, 6.07) is 5.42. The number of carbonyl (C=O) groups excluding carboxylic acids is 1. The first-order valence-electron chi connectivity index (χ1n) is 6.33. The fourth-order valence-electron chi connectivity index (χ4n) is 1.57. The minimum absolute atomic E-state index is 0.0281. The average Bonchev–Trinajstić information content (AvgIpc) is 2.40. The molecule has 5 heteroatoms. The molecule has 0 radical (unpaired) electrons. The Hall–Kier alpha value is -1.64. The third-order valence-electron chi connectivity index (χ3n) is 2.63. The van der Waals surface area contributed by atoms with Crippen LogP contribution in [0.5, 0.6) is 0 Å². The summed E-state index contributed by atoms with van der Waals surface area (Å²) in [6.07, 6.45) is 2.02. The Balaban J connectivity index is 2.78. The lowest BCUT2D eigenvalue weighted by atomic mass is 10.0. The van der Waals surface area contributed by atoms with Gasteiger partial charge in [-0.3, -0.25) is 9.00 Å². The first-order valence-corrected chi connectivity index (χ1v) is 8.06. The first kappa shape index (κ1) is 16.4. The van der Waals surface area contributed by atoms with E-state index in [1.807, 2.05) is 19.1 Å². The Morgan fingerprint density at radius 3 is 2.85 bits per heavy atom. The van der Waals surface area contributed by atoms with Crippen LogP contribution < -0.4 is 5.32 Å². The molecule has 1 unspecified atom stereocenters. The van der Waals surface area contributed by atoms with E-state index < -0.39 is 10.8 Å². The molecule has 0 saturated carbocycles. The van der Waals surface area contributed by atoms with E-state index in [0.29, 0.717) is 24.3 Å². The minimum atomic E-state index is -0.914. The third-order valence-corrected chi connectivity index (χ3v) is 3.41. The van der Waals surface area contributed by atoms with E-state index in [2.05, 4.69) is 17.2 Å². The van der Waals surface area contributed by atoms with E-state index in [1.54, 1.807) is 12.3 Å². The Kier molecular flexibility index (Phi) is 6.99. The second-order valence-electron chi connectivity index (χ2n) is 4.34. The topological polar surface area (TPSA) is 66.4 Å². The molecule has 20 heavy (non-hydrogen) atoms. The van der Waals surface area contributed by atoms with Crippen molar-refractivity contribution < 1.29 is 14.1 Å². The molecule has 1 aromatic carbocycles. The van der Waals surface area contributed by atoms with Crippen molar-refractivity contribution in [2.24, 2.45) is 0 Å². The second-order valence-corrected chi connectivity index (χ2v) is 5.89. The van der Waals surface area contributed by atoms with Gasteiger partial charge in [0.1, 0.15) is 0 Å². The van der Waals surface area contributed by atoms with E-state index in [0.717, 1.165) is 11.1 Å². The van der Waals surface area contributed by atoms with Crippen molar-refractivity contribution in [1.29, 1.82) is 0 Å². The number of hydrogen-bond donors (Lipinski definition) is 2. The van der Waals surface area contributed by atoms with Gasteiger partial charge in [0.15, 0.2) is 0 Å². The van der Waals surface area contributed by atoms with Gasteiger partial charge in [0.05, 0.1) is 6.61 Å². The van der Waals surface area contributed by atoms with Crippen molar-refractivity contribution in [2.45, 2.75) is 13.3 Å². The maximum Gasteiger partial charge on any atom is 0.251 e. The number of carbonyl (C=O) groups is 1. The van der Waals surface area contributed by atoms with Gasteiger partial charge in [-0.05, 0) is 24.6 Å². The molecule has 0 aromatic heterocycles. The summed E-state index contributed by atoms with van der Waals surface area (Å²) in [7, 11) is -0.914. The van der Waals surface area contributed by atoms with E-state index in [9.17, 15) is 9.00 Å². The van der Waals surface area contributed by atoms with Crippen LogP contribution in [0, 0.1) is 18.8 Å². The maximum atomic E-state index is 12.0. The lowest BCUT2D eigenvalue weighted by Gasteiger charge is -2.07. The molecule has 1 rings (SSSR count). The molecule has 1 amide bonds. The molecular weight excluding hydrogens is 274 g/mol. The van der Waals surface area contributed by atoms with Crippen LogP contribution in [-0.2, 0) is 10.8 Å². The van der Waals surface area contributed by atoms with Gasteiger partial charge >= 0.3 is 0 Å². The average molecular weight is 293 g/mol. The minimum Gasteiger partial charge on any atom is -0.395 e. The van der Waals surface area contributed by atoms with Crippen LogP contribution in [0.4, 0.5) is 0 Å². The summed E-state index contributed by atoms with van der Waals surface area (Å²) in [5.41, 5.74) is 2.18. The zero-order valence-electron chi connectivity index (χ0n) is 11.7. The summed E-state index contributed by atoms with van der Waals surface area (Å²) in [5.74, 6) is 5.99. The Morgan fingerprint density at radius 1 is 1.45 bits per heavy atom. The van der Waals surface area contributed by atoms with Gasteiger partial charge in [-0.2, -0.15) is 0 Å². The fourth-order valence-corrected chi connectivity index (χ4v) is 1.96. The van der Waals surface area contributed by atoms with Crippen molar-refractivity contribution in [3.05, 3.63) is 34.9 Å². The van der Waals surface area contributed by atoms with Crippen LogP contribution in [0.25, 0.3) is 0 Å². The molecule has 0 saturated heterocycles. The van der Waals surface area contributed by atoms with Crippen molar-refractivity contribution in [3.8, 4) is 11.8 Å². The second kappa shape index (κ2) is 8.51. The summed E-state index contributed by atoms with van der Waals surface area (Å²) in [4.78, 5) is 12.0. The summed E-state index contributed by atoms with van der Waals surface area (Å²) in [6.45, 7) is 2.28. The standard InChI is InChI=1S/C15H19NO3S/c1-12-6-7-13(5-3-4-9-17)11-14(12)15(18)16-8-10-20(2)19/h6-7,11,17H,4,8-10H2,1-2H3,(H,16,18). The highest BCUT2D eigenvalue weighted by Gasteiger charge is 2.09. The lowest BCUT2D eigenvalue weighted by Crippen LogP contribution is -2.28. The van der Waals surface area contributed by atoms with Gasteiger partial charge in [0.25, 0.3) is 5.91 Å². The van der Waals surface area contributed by atoms with Crippen molar-refractivity contribution in [3.63, 3.8) is 0 Å². The normalized spacial score (nSPS) is 11.3. The Labute approximate surface area is 122 Å². The number of hydrogen-bond acceptors (Lipinski definition) is 3. The van der Waals surface area contributed by atoms with Gasteiger partial charge < -0.3 is 10.4 Å². The monoisotopic (exact) mass is 293 g/mol. The lowest BCUT2D eigenvalue weighted by molar-refractivity contribution is 0.0955. The molecule has 0 bridgehead atoms. The van der Waals surface area contributed by atoms with Crippen molar-refractivity contribution in [2.75, 3.05) is 25.2 Å². The SMILES string of the molecule is Cc1ccc(C#CCCO)cc1C(=O)NCCS(C)=O.